The first kappa shape index (κ1) is 16.9. The highest BCUT2D eigenvalue weighted by Crippen LogP contribution is 2.63. The van der Waals surface area contributed by atoms with Gasteiger partial charge in [0.1, 0.15) is 5.60 Å². The van der Waals surface area contributed by atoms with Crippen LogP contribution in [0.15, 0.2) is 0 Å². The van der Waals surface area contributed by atoms with E-state index in [1.165, 1.54) is 13.8 Å². The lowest BCUT2D eigenvalue weighted by molar-refractivity contribution is -0.0443. The van der Waals surface area contributed by atoms with Crippen molar-refractivity contribution in [1.29, 1.82) is 0 Å². The van der Waals surface area contributed by atoms with Crippen LogP contribution >= 0.6 is 0 Å². The predicted octanol–water partition coefficient (Wildman–Crippen LogP) is 1.73. The molecular formula is C12H24O5S2. The first-order chi connectivity index (χ1) is 7.96. The van der Waals surface area contributed by atoms with Crippen molar-refractivity contribution in [2.45, 2.75) is 63.6 Å². The van der Waals surface area contributed by atoms with E-state index in [1.807, 2.05) is 0 Å². The van der Waals surface area contributed by atoms with E-state index >= 15 is 0 Å². The summed E-state index contributed by atoms with van der Waals surface area (Å²) in [7, 11) is -7.35. The average molecular weight is 312 g/mol. The molecule has 1 atom stereocenters. The largest absolute Gasteiger partial charge is 0.264 e. The summed E-state index contributed by atoms with van der Waals surface area (Å²) in [6.07, 6.45) is 0.947. The molecule has 114 valence electrons. The summed E-state index contributed by atoms with van der Waals surface area (Å²) in [5.74, 6) is 0. The van der Waals surface area contributed by atoms with Gasteiger partial charge in [0.2, 0.25) is 0 Å². The number of rotatable bonds is 2. The topological polar surface area (TPSA) is 77.5 Å². The minimum atomic E-state index is -3.77. The molecule has 7 heteroatoms. The van der Waals surface area contributed by atoms with E-state index in [-0.39, 0.29) is 0 Å². The van der Waals surface area contributed by atoms with E-state index in [0.717, 1.165) is 6.26 Å². The molecule has 0 aromatic rings. The van der Waals surface area contributed by atoms with E-state index in [0.29, 0.717) is 0 Å². The van der Waals surface area contributed by atoms with Gasteiger partial charge in [0.25, 0.3) is 10.1 Å². The van der Waals surface area contributed by atoms with Crippen LogP contribution in [0.2, 0.25) is 0 Å². The molecule has 0 aromatic heterocycles. The fraction of sp³-hybridized carbons (Fsp3) is 1.00. The Morgan fingerprint density at radius 3 is 1.42 bits per heavy atom. The van der Waals surface area contributed by atoms with Crippen molar-refractivity contribution in [3.8, 4) is 0 Å². The van der Waals surface area contributed by atoms with Gasteiger partial charge in [0.15, 0.2) is 9.84 Å². The highest BCUT2D eigenvalue weighted by Gasteiger charge is 2.76. The first-order valence-electron chi connectivity index (χ1n) is 6.10. The Balaban J connectivity index is 3.75. The van der Waals surface area contributed by atoms with Gasteiger partial charge in [-0.3, -0.25) is 4.18 Å². The summed E-state index contributed by atoms with van der Waals surface area (Å²) in [6.45, 7) is 11.4. The normalized spacial score (nSPS) is 35.2. The molecule has 0 aliphatic carbocycles. The molecular weight excluding hydrogens is 288 g/mol. The lowest BCUT2D eigenvalue weighted by atomic mass is 9.64. The third kappa shape index (κ3) is 1.74. The second kappa shape index (κ2) is 3.74. The SMILES string of the molecule is CC1(C)C(C)(OS(C)(=O)=O)C(C)(C)S(=O)(=O)C1(C)C. The van der Waals surface area contributed by atoms with Crippen LogP contribution in [-0.2, 0) is 24.1 Å². The van der Waals surface area contributed by atoms with Crippen LogP contribution in [0.5, 0.6) is 0 Å². The van der Waals surface area contributed by atoms with Crippen LogP contribution in [0.25, 0.3) is 0 Å². The van der Waals surface area contributed by atoms with Gasteiger partial charge < -0.3 is 0 Å². The molecule has 0 radical (unpaired) electrons. The van der Waals surface area contributed by atoms with Gasteiger partial charge in [-0.15, -0.1) is 0 Å². The van der Waals surface area contributed by atoms with Crippen LogP contribution in [-0.4, -0.2) is 38.2 Å². The molecule has 0 amide bonds. The third-order valence-electron chi connectivity index (χ3n) is 5.51. The molecule has 1 fully saturated rings. The van der Waals surface area contributed by atoms with Crippen molar-refractivity contribution in [3.63, 3.8) is 0 Å². The van der Waals surface area contributed by atoms with Crippen LogP contribution < -0.4 is 0 Å². The Morgan fingerprint density at radius 1 is 0.842 bits per heavy atom. The minimum Gasteiger partial charge on any atom is -0.262 e. The smallest absolute Gasteiger partial charge is 0.262 e. The summed E-state index contributed by atoms with van der Waals surface area (Å²) in [6, 6.07) is 0. The Labute approximate surface area is 116 Å². The van der Waals surface area contributed by atoms with E-state index in [4.69, 9.17) is 4.18 Å². The van der Waals surface area contributed by atoms with Crippen LogP contribution in [0.4, 0.5) is 0 Å². The van der Waals surface area contributed by atoms with Gasteiger partial charge in [-0.05, 0) is 34.6 Å². The molecule has 19 heavy (non-hydrogen) atoms. The Bertz CT molecular complexity index is 596. The quantitative estimate of drug-likeness (QED) is 0.726. The molecule has 1 unspecified atom stereocenters. The molecule has 1 saturated heterocycles. The average Bonchev–Trinajstić information content (AvgIpc) is 2.16. The Kier molecular flexibility index (Phi) is 3.33. The van der Waals surface area contributed by atoms with Crippen molar-refractivity contribution in [1.82, 2.24) is 0 Å². The molecule has 0 saturated carbocycles. The maximum atomic E-state index is 12.8. The number of sulfone groups is 1. The minimum absolute atomic E-state index is 0.870. The van der Waals surface area contributed by atoms with E-state index < -0.39 is 40.5 Å². The molecule has 0 N–H and O–H groups in total. The van der Waals surface area contributed by atoms with Crippen LogP contribution in [0.3, 0.4) is 0 Å². The second-order valence-corrected chi connectivity index (χ2v) is 11.6. The van der Waals surface area contributed by atoms with Crippen molar-refractivity contribution in [2.24, 2.45) is 5.41 Å². The van der Waals surface area contributed by atoms with Crippen molar-refractivity contribution < 1.29 is 21.0 Å². The van der Waals surface area contributed by atoms with Gasteiger partial charge in [0.05, 0.1) is 15.7 Å². The molecule has 1 aliphatic heterocycles. The fourth-order valence-electron chi connectivity index (χ4n) is 3.06. The second-order valence-electron chi connectivity index (χ2n) is 6.97. The summed E-state index contributed by atoms with van der Waals surface area (Å²) < 4.78 is 51.6. The summed E-state index contributed by atoms with van der Waals surface area (Å²) in [4.78, 5) is 0. The molecule has 0 spiro atoms. The molecule has 5 nitrogen and oxygen atoms in total. The van der Waals surface area contributed by atoms with Gasteiger partial charge in [-0.2, -0.15) is 8.42 Å². The van der Waals surface area contributed by atoms with Gasteiger partial charge in [-0.1, -0.05) is 13.8 Å². The monoisotopic (exact) mass is 312 g/mol. The first-order valence-corrected chi connectivity index (χ1v) is 9.40. The lowest BCUT2D eigenvalue weighted by Crippen LogP contribution is -2.56. The zero-order chi connectivity index (χ0) is 15.7. The molecule has 1 aliphatic rings. The van der Waals surface area contributed by atoms with Gasteiger partial charge >= 0.3 is 0 Å². The maximum absolute atomic E-state index is 12.8. The Morgan fingerprint density at radius 2 is 1.21 bits per heavy atom. The maximum Gasteiger partial charge on any atom is 0.264 e. The molecule has 1 heterocycles. The molecule has 1 rings (SSSR count). The number of hydrogen-bond donors (Lipinski definition) is 0. The Hall–Kier alpha value is -0.140. The highest BCUT2D eigenvalue weighted by atomic mass is 32.2. The van der Waals surface area contributed by atoms with E-state index in [2.05, 4.69) is 0 Å². The van der Waals surface area contributed by atoms with Crippen molar-refractivity contribution in [3.05, 3.63) is 0 Å². The van der Waals surface area contributed by atoms with E-state index in [1.54, 1.807) is 34.6 Å². The highest BCUT2D eigenvalue weighted by molar-refractivity contribution is 7.94. The van der Waals surface area contributed by atoms with Crippen LogP contribution in [0, 0.1) is 5.41 Å². The zero-order valence-electron chi connectivity index (χ0n) is 12.9. The van der Waals surface area contributed by atoms with Crippen molar-refractivity contribution in [2.75, 3.05) is 6.26 Å². The molecule has 0 aromatic carbocycles. The lowest BCUT2D eigenvalue weighted by Gasteiger charge is -2.45. The zero-order valence-corrected chi connectivity index (χ0v) is 14.5. The summed E-state index contributed by atoms with van der Waals surface area (Å²) in [5.41, 5.74) is -2.21. The fourth-order valence-corrected chi connectivity index (χ4v) is 7.09. The van der Waals surface area contributed by atoms with E-state index in [9.17, 15) is 16.8 Å². The predicted molar refractivity (Wildman–Crippen MR) is 75.2 cm³/mol. The molecule has 0 bridgehead atoms. The number of hydrogen-bond acceptors (Lipinski definition) is 5. The standard InChI is InChI=1S/C12H24O5S2/c1-9(2)10(3,4)19(15,16)11(5,6)12(9,7)17-18(8,13)14/h1-8H3. The summed E-state index contributed by atoms with van der Waals surface area (Å²) >= 11 is 0. The summed E-state index contributed by atoms with van der Waals surface area (Å²) in [5, 5.41) is 0. The van der Waals surface area contributed by atoms with Crippen LogP contribution in [0.1, 0.15) is 48.5 Å². The van der Waals surface area contributed by atoms with Gasteiger partial charge in [-0.25, -0.2) is 8.42 Å². The van der Waals surface area contributed by atoms with Gasteiger partial charge in [0, 0.05) is 5.41 Å². The third-order valence-corrected chi connectivity index (χ3v) is 9.73. The van der Waals surface area contributed by atoms with Crippen molar-refractivity contribution >= 4 is 20.0 Å².